The van der Waals surface area contributed by atoms with Crippen LogP contribution >= 0.6 is 0 Å². The minimum Gasteiger partial charge on any atom is -0.395 e. The summed E-state index contributed by atoms with van der Waals surface area (Å²) in [6.45, 7) is 4.23. The average molecular weight is 381 g/mol. The van der Waals surface area contributed by atoms with Crippen LogP contribution in [0.5, 0.6) is 0 Å². The molecule has 0 aliphatic carbocycles. The first kappa shape index (κ1) is 24.6. The summed E-state index contributed by atoms with van der Waals surface area (Å²) in [5.41, 5.74) is 0. The topological polar surface area (TPSA) is 35.8 Å². The SMILES string of the molecule is CCCCCCCCCCCCCCCCCCCC1N=CCN1CCO. The standard InChI is InChI=1S/C24H48N2O/c1-2-3-4-5-6-7-8-9-10-11-12-13-14-15-16-17-18-19-24-25-20-21-26(24)22-23-27/h20,24,27H,2-19,21-23H2,1H3. The monoisotopic (exact) mass is 380 g/mol. The number of rotatable bonds is 20. The summed E-state index contributed by atoms with van der Waals surface area (Å²) in [5, 5.41) is 9.07. The Kier molecular flexibility index (Phi) is 17.3. The van der Waals surface area contributed by atoms with Crippen LogP contribution in [0.2, 0.25) is 0 Å². The van der Waals surface area contributed by atoms with E-state index in [0.717, 1.165) is 19.5 Å². The molecule has 0 aromatic carbocycles. The lowest BCUT2D eigenvalue weighted by Gasteiger charge is -2.21. The van der Waals surface area contributed by atoms with E-state index in [4.69, 9.17) is 5.11 Å². The van der Waals surface area contributed by atoms with Crippen molar-refractivity contribution in [2.45, 2.75) is 129 Å². The van der Waals surface area contributed by atoms with Crippen molar-refractivity contribution in [2.24, 2.45) is 4.99 Å². The highest BCUT2D eigenvalue weighted by molar-refractivity contribution is 5.62. The summed E-state index contributed by atoms with van der Waals surface area (Å²) in [7, 11) is 0. The van der Waals surface area contributed by atoms with Gasteiger partial charge < -0.3 is 5.11 Å². The van der Waals surface area contributed by atoms with E-state index in [9.17, 15) is 0 Å². The van der Waals surface area contributed by atoms with Gasteiger partial charge in [0.25, 0.3) is 0 Å². The number of hydrogen-bond donors (Lipinski definition) is 1. The Morgan fingerprint density at radius 2 is 1.19 bits per heavy atom. The van der Waals surface area contributed by atoms with Gasteiger partial charge in [0.15, 0.2) is 0 Å². The highest BCUT2D eigenvalue weighted by atomic mass is 16.3. The molecule has 0 radical (unpaired) electrons. The summed E-state index contributed by atoms with van der Waals surface area (Å²) in [6, 6.07) is 0. The molecule has 3 nitrogen and oxygen atoms in total. The molecule has 3 heteroatoms. The fraction of sp³-hybridized carbons (Fsp3) is 0.958. The van der Waals surface area contributed by atoms with Crippen molar-refractivity contribution in [3.63, 3.8) is 0 Å². The molecule has 0 amide bonds. The van der Waals surface area contributed by atoms with E-state index in [1.165, 1.54) is 109 Å². The second-order valence-electron chi connectivity index (χ2n) is 8.48. The van der Waals surface area contributed by atoms with Gasteiger partial charge in [-0.2, -0.15) is 0 Å². The number of β-amino-alcohol motifs (C(OH)–C–C–N with tert-alkyl or cyclic N) is 1. The Morgan fingerprint density at radius 3 is 1.63 bits per heavy atom. The first-order valence-corrected chi connectivity index (χ1v) is 12.2. The molecule has 1 rings (SSSR count). The van der Waals surface area contributed by atoms with E-state index in [0.29, 0.717) is 6.17 Å². The van der Waals surface area contributed by atoms with Crippen LogP contribution in [0.1, 0.15) is 122 Å². The van der Waals surface area contributed by atoms with Crippen LogP contribution in [0.25, 0.3) is 0 Å². The van der Waals surface area contributed by atoms with Crippen molar-refractivity contribution in [1.29, 1.82) is 0 Å². The Balaban J connectivity index is 1.73. The van der Waals surface area contributed by atoms with Crippen LogP contribution < -0.4 is 0 Å². The van der Waals surface area contributed by atoms with Crippen LogP contribution in [-0.4, -0.2) is 42.1 Å². The molecule has 0 aromatic rings. The molecule has 1 heterocycles. The molecule has 1 unspecified atom stereocenters. The third-order valence-corrected chi connectivity index (χ3v) is 5.97. The smallest absolute Gasteiger partial charge is 0.102 e. The molecule has 0 spiro atoms. The predicted octanol–water partition coefficient (Wildman–Crippen LogP) is 6.73. The van der Waals surface area contributed by atoms with Crippen LogP contribution in [0.15, 0.2) is 4.99 Å². The summed E-state index contributed by atoms with van der Waals surface area (Å²) in [6.07, 6.45) is 27.7. The van der Waals surface area contributed by atoms with E-state index in [-0.39, 0.29) is 6.61 Å². The molecular weight excluding hydrogens is 332 g/mol. The van der Waals surface area contributed by atoms with Crippen LogP contribution in [0.4, 0.5) is 0 Å². The number of aliphatic hydroxyl groups excluding tert-OH is 1. The van der Waals surface area contributed by atoms with Gasteiger partial charge >= 0.3 is 0 Å². The van der Waals surface area contributed by atoms with Gasteiger partial charge in [0.05, 0.1) is 6.61 Å². The maximum Gasteiger partial charge on any atom is 0.102 e. The Hall–Kier alpha value is -0.410. The molecule has 0 saturated carbocycles. The zero-order valence-electron chi connectivity index (χ0n) is 18.3. The van der Waals surface area contributed by atoms with Gasteiger partial charge in [0.2, 0.25) is 0 Å². The van der Waals surface area contributed by atoms with Crippen molar-refractivity contribution in [1.82, 2.24) is 4.90 Å². The average Bonchev–Trinajstić information content (AvgIpc) is 3.11. The quantitative estimate of drug-likeness (QED) is 0.238. The van der Waals surface area contributed by atoms with Gasteiger partial charge in [0, 0.05) is 19.3 Å². The first-order chi connectivity index (χ1) is 13.4. The molecule has 27 heavy (non-hydrogen) atoms. The molecule has 1 N–H and O–H groups in total. The minimum atomic E-state index is 0.249. The fourth-order valence-electron chi connectivity index (χ4n) is 4.17. The Morgan fingerprint density at radius 1 is 0.741 bits per heavy atom. The van der Waals surface area contributed by atoms with Crippen LogP contribution in [0, 0.1) is 0 Å². The number of hydrogen-bond acceptors (Lipinski definition) is 3. The highest BCUT2D eigenvalue weighted by Gasteiger charge is 2.19. The molecule has 0 fully saturated rings. The molecule has 160 valence electrons. The molecule has 1 aliphatic rings. The summed E-state index contributed by atoms with van der Waals surface area (Å²) in [4.78, 5) is 6.82. The number of aliphatic imine (C=N–C) groups is 1. The van der Waals surface area contributed by atoms with E-state index >= 15 is 0 Å². The third-order valence-electron chi connectivity index (χ3n) is 5.97. The van der Waals surface area contributed by atoms with Crippen molar-refractivity contribution in [3.05, 3.63) is 0 Å². The lowest BCUT2D eigenvalue weighted by Crippen LogP contribution is -2.32. The van der Waals surface area contributed by atoms with E-state index in [1.54, 1.807) is 0 Å². The highest BCUT2D eigenvalue weighted by Crippen LogP contribution is 2.17. The molecule has 0 aromatic heterocycles. The minimum absolute atomic E-state index is 0.249. The Labute approximate surface area is 170 Å². The zero-order chi connectivity index (χ0) is 19.4. The van der Waals surface area contributed by atoms with Gasteiger partial charge in [-0.25, -0.2) is 0 Å². The van der Waals surface area contributed by atoms with Gasteiger partial charge in [-0.05, 0) is 12.8 Å². The van der Waals surface area contributed by atoms with Gasteiger partial charge in [0.1, 0.15) is 6.17 Å². The lowest BCUT2D eigenvalue weighted by atomic mass is 10.0. The van der Waals surface area contributed by atoms with Crippen LogP contribution in [-0.2, 0) is 0 Å². The largest absolute Gasteiger partial charge is 0.395 e. The van der Waals surface area contributed by atoms with Crippen molar-refractivity contribution in [2.75, 3.05) is 19.7 Å². The van der Waals surface area contributed by atoms with Crippen LogP contribution in [0.3, 0.4) is 0 Å². The van der Waals surface area contributed by atoms with Crippen molar-refractivity contribution in [3.8, 4) is 0 Å². The van der Waals surface area contributed by atoms with E-state index in [2.05, 4.69) is 16.8 Å². The van der Waals surface area contributed by atoms with Crippen molar-refractivity contribution >= 4 is 6.21 Å². The molecule has 1 aliphatic heterocycles. The van der Waals surface area contributed by atoms with Gasteiger partial charge in [-0.1, -0.05) is 110 Å². The zero-order valence-corrected chi connectivity index (χ0v) is 18.3. The first-order valence-electron chi connectivity index (χ1n) is 12.2. The maximum absolute atomic E-state index is 9.07. The molecule has 0 bridgehead atoms. The third kappa shape index (κ3) is 14.3. The van der Waals surface area contributed by atoms with Gasteiger partial charge in [-0.15, -0.1) is 0 Å². The second kappa shape index (κ2) is 18.9. The predicted molar refractivity (Wildman–Crippen MR) is 120 cm³/mol. The van der Waals surface area contributed by atoms with E-state index < -0.39 is 0 Å². The fourth-order valence-corrected chi connectivity index (χ4v) is 4.17. The summed E-state index contributed by atoms with van der Waals surface area (Å²) in [5.74, 6) is 0. The summed E-state index contributed by atoms with van der Waals surface area (Å²) >= 11 is 0. The number of unbranched alkanes of at least 4 members (excludes halogenated alkanes) is 16. The molecule has 1 atom stereocenters. The number of aliphatic hydroxyl groups is 1. The maximum atomic E-state index is 9.07. The number of nitrogens with zero attached hydrogens (tertiary/aromatic N) is 2. The molecular formula is C24H48N2O. The second-order valence-corrected chi connectivity index (χ2v) is 8.48. The van der Waals surface area contributed by atoms with Crippen molar-refractivity contribution < 1.29 is 5.11 Å². The molecule has 0 saturated heterocycles. The lowest BCUT2D eigenvalue weighted by molar-refractivity contribution is 0.176. The van der Waals surface area contributed by atoms with E-state index in [1.807, 2.05) is 6.21 Å². The van der Waals surface area contributed by atoms with Gasteiger partial charge in [-0.3, -0.25) is 9.89 Å². The summed E-state index contributed by atoms with van der Waals surface area (Å²) < 4.78 is 0. The Bertz CT molecular complexity index is 332. The normalized spacial score (nSPS) is 17.2.